The average Bonchev–Trinajstić information content (AvgIpc) is 3.37. The first-order valence-corrected chi connectivity index (χ1v) is 10.4. The number of thiophene rings is 1. The first kappa shape index (κ1) is 19.1. The van der Waals surface area contributed by atoms with Gasteiger partial charge in [-0.3, -0.25) is 4.79 Å². The van der Waals surface area contributed by atoms with Crippen molar-refractivity contribution in [1.82, 2.24) is 20.1 Å². The molecule has 4 rings (SSSR count). The molecule has 0 aliphatic carbocycles. The number of rotatable bonds is 7. The number of nitrogens with zero attached hydrogens (tertiary/aromatic N) is 3. The summed E-state index contributed by atoms with van der Waals surface area (Å²) in [7, 11) is 0. The molecule has 1 aromatic carbocycles. The molecule has 0 spiro atoms. The zero-order valence-corrected chi connectivity index (χ0v) is 17.2. The molecule has 0 saturated heterocycles. The normalized spacial score (nSPS) is 11.0. The molecule has 0 radical (unpaired) electrons. The second kappa shape index (κ2) is 8.45. The molecule has 0 unspecified atom stereocenters. The first-order chi connectivity index (χ1) is 14.1. The predicted molar refractivity (Wildman–Crippen MR) is 114 cm³/mol. The summed E-state index contributed by atoms with van der Waals surface area (Å²) < 4.78 is 7.37. The predicted octanol–water partition coefficient (Wildman–Crippen LogP) is 4.18. The van der Waals surface area contributed by atoms with Crippen molar-refractivity contribution in [2.24, 2.45) is 0 Å². The lowest BCUT2D eigenvalue weighted by atomic mass is 10.1. The molecule has 0 aliphatic heterocycles. The maximum atomic E-state index is 12.9. The van der Waals surface area contributed by atoms with Crippen LogP contribution in [-0.2, 0) is 13.1 Å². The van der Waals surface area contributed by atoms with Gasteiger partial charge in [-0.2, -0.15) is 5.10 Å². The van der Waals surface area contributed by atoms with E-state index in [0.29, 0.717) is 25.3 Å². The standard InChI is InChI=1S/C22H22N4O2S/c1-3-28-17-7-4-6-16(11-17)12-23-22(27)19-10-15(2)25-21-20(19)13-24-26(21)14-18-8-5-9-29-18/h4-11,13H,3,12,14H2,1-2H3,(H,23,27). The van der Waals surface area contributed by atoms with Gasteiger partial charge < -0.3 is 10.1 Å². The third-order valence-corrected chi connectivity index (χ3v) is 5.39. The maximum Gasteiger partial charge on any atom is 0.252 e. The second-order valence-electron chi connectivity index (χ2n) is 6.69. The Kier molecular flexibility index (Phi) is 5.57. The van der Waals surface area contributed by atoms with Crippen molar-refractivity contribution in [2.45, 2.75) is 26.9 Å². The highest BCUT2D eigenvalue weighted by Crippen LogP contribution is 2.21. The summed E-state index contributed by atoms with van der Waals surface area (Å²) in [6.45, 7) is 5.52. The van der Waals surface area contributed by atoms with Gasteiger partial charge in [-0.25, -0.2) is 9.67 Å². The molecule has 4 aromatic rings. The van der Waals surface area contributed by atoms with Crippen LogP contribution in [0.15, 0.2) is 54.0 Å². The first-order valence-electron chi connectivity index (χ1n) is 9.49. The van der Waals surface area contributed by atoms with Crippen molar-refractivity contribution in [3.63, 3.8) is 0 Å². The molecule has 0 bridgehead atoms. The molecule has 148 valence electrons. The zero-order valence-electron chi connectivity index (χ0n) is 16.4. The van der Waals surface area contributed by atoms with E-state index in [2.05, 4.69) is 21.5 Å². The molecule has 3 aromatic heterocycles. The largest absolute Gasteiger partial charge is 0.494 e. The molecule has 6 nitrogen and oxygen atoms in total. The maximum absolute atomic E-state index is 12.9. The molecule has 0 fully saturated rings. The lowest BCUT2D eigenvalue weighted by molar-refractivity contribution is 0.0952. The van der Waals surface area contributed by atoms with E-state index < -0.39 is 0 Å². The van der Waals surface area contributed by atoms with E-state index in [1.54, 1.807) is 17.5 Å². The van der Waals surface area contributed by atoms with Crippen LogP contribution in [0.1, 0.15) is 33.4 Å². The van der Waals surface area contributed by atoms with Gasteiger partial charge >= 0.3 is 0 Å². The molecule has 7 heteroatoms. The fourth-order valence-corrected chi connectivity index (χ4v) is 3.90. The summed E-state index contributed by atoms with van der Waals surface area (Å²) in [5, 5.41) is 10.3. The van der Waals surface area contributed by atoms with Gasteiger partial charge in [0, 0.05) is 17.1 Å². The van der Waals surface area contributed by atoms with Crippen molar-refractivity contribution in [3.05, 3.63) is 75.7 Å². The van der Waals surface area contributed by atoms with E-state index in [0.717, 1.165) is 28.0 Å². The van der Waals surface area contributed by atoms with E-state index in [1.165, 1.54) is 4.88 Å². The highest BCUT2D eigenvalue weighted by Gasteiger charge is 2.16. The summed E-state index contributed by atoms with van der Waals surface area (Å²) in [5.74, 6) is 0.661. The third kappa shape index (κ3) is 4.30. The summed E-state index contributed by atoms with van der Waals surface area (Å²) in [4.78, 5) is 18.7. The number of ether oxygens (including phenoxy) is 1. The number of fused-ring (bicyclic) bond motifs is 1. The van der Waals surface area contributed by atoms with Crippen molar-refractivity contribution in [1.29, 1.82) is 0 Å². The average molecular weight is 407 g/mol. The second-order valence-corrected chi connectivity index (χ2v) is 7.73. The minimum atomic E-state index is -0.141. The van der Waals surface area contributed by atoms with Gasteiger partial charge in [0.05, 0.1) is 30.3 Å². The summed E-state index contributed by atoms with van der Waals surface area (Å²) >= 11 is 1.68. The van der Waals surface area contributed by atoms with Gasteiger partial charge in [0.2, 0.25) is 0 Å². The van der Waals surface area contributed by atoms with Crippen LogP contribution in [0.5, 0.6) is 5.75 Å². The Morgan fingerprint density at radius 1 is 1.24 bits per heavy atom. The van der Waals surface area contributed by atoms with Crippen LogP contribution < -0.4 is 10.1 Å². The Morgan fingerprint density at radius 2 is 2.14 bits per heavy atom. The number of hydrogen-bond acceptors (Lipinski definition) is 5. The molecular formula is C22H22N4O2S. The van der Waals surface area contributed by atoms with Crippen molar-refractivity contribution < 1.29 is 9.53 Å². The molecule has 3 heterocycles. The van der Waals surface area contributed by atoms with Crippen LogP contribution in [-0.4, -0.2) is 27.3 Å². The smallest absolute Gasteiger partial charge is 0.252 e. The highest BCUT2D eigenvalue weighted by atomic mass is 32.1. The van der Waals surface area contributed by atoms with E-state index in [9.17, 15) is 4.79 Å². The number of pyridine rings is 1. The lowest BCUT2D eigenvalue weighted by Crippen LogP contribution is -2.23. The van der Waals surface area contributed by atoms with Crippen LogP contribution in [0.2, 0.25) is 0 Å². The molecule has 1 N–H and O–H groups in total. The number of aryl methyl sites for hydroxylation is 1. The number of carbonyl (C=O) groups is 1. The van der Waals surface area contributed by atoms with E-state index in [4.69, 9.17) is 4.74 Å². The highest BCUT2D eigenvalue weighted by molar-refractivity contribution is 7.09. The summed E-state index contributed by atoms with van der Waals surface area (Å²) in [6, 6.07) is 13.6. The molecule has 0 aliphatic rings. The molecule has 1 amide bonds. The summed E-state index contributed by atoms with van der Waals surface area (Å²) in [6.07, 6.45) is 1.72. The monoisotopic (exact) mass is 406 g/mol. The number of benzene rings is 1. The topological polar surface area (TPSA) is 69.0 Å². The molecular weight excluding hydrogens is 384 g/mol. The Labute approximate surface area is 173 Å². The number of carbonyl (C=O) groups excluding carboxylic acids is 1. The van der Waals surface area contributed by atoms with Gasteiger partial charge in [-0.1, -0.05) is 18.2 Å². The van der Waals surface area contributed by atoms with Crippen LogP contribution in [0, 0.1) is 6.92 Å². The van der Waals surface area contributed by atoms with E-state index in [1.807, 2.05) is 60.3 Å². The minimum Gasteiger partial charge on any atom is -0.494 e. The Balaban J connectivity index is 1.56. The zero-order chi connectivity index (χ0) is 20.2. The van der Waals surface area contributed by atoms with Gasteiger partial charge in [0.1, 0.15) is 5.75 Å². The minimum absolute atomic E-state index is 0.141. The number of hydrogen-bond donors (Lipinski definition) is 1. The van der Waals surface area contributed by atoms with Crippen molar-refractivity contribution >= 4 is 28.3 Å². The molecule has 0 saturated carbocycles. The van der Waals surface area contributed by atoms with Gasteiger partial charge in [0.25, 0.3) is 5.91 Å². The van der Waals surface area contributed by atoms with E-state index >= 15 is 0 Å². The fraction of sp³-hybridized carbons (Fsp3) is 0.227. The summed E-state index contributed by atoms with van der Waals surface area (Å²) in [5.41, 5.74) is 3.08. The van der Waals surface area contributed by atoms with Crippen LogP contribution >= 0.6 is 11.3 Å². The molecule has 0 atom stereocenters. The fourth-order valence-electron chi connectivity index (χ4n) is 3.22. The number of aromatic nitrogens is 3. The van der Waals surface area contributed by atoms with Crippen LogP contribution in [0.3, 0.4) is 0 Å². The Hall–Kier alpha value is -3.19. The molecule has 29 heavy (non-hydrogen) atoms. The lowest BCUT2D eigenvalue weighted by Gasteiger charge is -2.09. The van der Waals surface area contributed by atoms with Gasteiger partial charge in [-0.15, -0.1) is 11.3 Å². The Bertz CT molecular complexity index is 1140. The van der Waals surface area contributed by atoms with Crippen molar-refractivity contribution in [2.75, 3.05) is 6.61 Å². The number of nitrogens with one attached hydrogen (secondary N) is 1. The third-order valence-electron chi connectivity index (χ3n) is 4.53. The van der Waals surface area contributed by atoms with Crippen molar-refractivity contribution in [3.8, 4) is 5.75 Å². The van der Waals surface area contributed by atoms with Gasteiger partial charge in [0.15, 0.2) is 5.65 Å². The number of amides is 1. The Morgan fingerprint density at radius 3 is 2.93 bits per heavy atom. The van der Waals surface area contributed by atoms with Crippen LogP contribution in [0.25, 0.3) is 11.0 Å². The van der Waals surface area contributed by atoms with Gasteiger partial charge in [-0.05, 0) is 49.1 Å². The SMILES string of the molecule is CCOc1cccc(CNC(=O)c2cc(C)nc3c2cnn3Cc2cccs2)c1. The quantitative estimate of drug-likeness (QED) is 0.500. The van der Waals surface area contributed by atoms with E-state index in [-0.39, 0.29) is 5.91 Å². The van der Waals surface area contributed by atoms with Crippen LogP contribution in [0.4, 0.5) is 0 Å².